The van der Waals surface area contributed by atoms with Crippen LogP contribution in [0.15, 0.2) is 30.3 Å². The van der Waals surface area contributed by atoms with E-state index in [-0.39, 0.29) is 0 Å². The van der Waals surface area contributed by atoms with Gasteiger partial charge in [0.2, 0.25) is 0 Å². The first kappa shape index (κ1) is 10.5. The molecule has 0 unspecified atom stereocenters. The maximum absolute atomic E-state index is 2.43. The van der Waals surface area contributed by atoms with Gasteiger partial charge in [-0.05, 0) is 48.8 Å². The number of hydrogen-bond donors (Lipinski definition) is 0. The Labute approximate surface area is 93.0 Å². The Hall–Kier alpha value is -1.04. The molecule has 1 aromatic rings. The smallest absolute Gasteiger partial charge is 0.0124 e. The normalized spacial score (nSPS) is 17.0. The minimum absolute atomic E-state index is 1.26. The average molecular weight is 199 g/mol. The van der Waals surface area contributed by atoms with Gasteiger partial charge >= 0.3 is 0 Å². The van der Waals surface area contributed by atoms with Gasteiger partial charge in [0.1, 0.15) is 0 Å². The Bertz CT molecular complexity index is 330. The van der Waals surface area contributed by atoms with E-state index in [2.05, 4.69) is 43.7 Å². The van der Waals surface area contributed by atoms with E-state index in [1.807, 2.05) is 0 Å². The third-order valence-corrected chi connectivity index (χ3v) is 3.16. The summed E-state index contributed by atoms with van der Waals surface area (Å²) in [6.45, 7) is 2.08. The third-order valence-electron chi connectivity index (χ3n) is 3.16. The molecule has 79 valence electrons. The minimum Gasteiger partial charge on any atom is -0.0807 e. The van der Waals surface area contributed by atoms with E-state index in [4.69, 9.17) is 0 Å². The zero-order valence-electron chi connectivity index (χ0n) is 9.50. The number of benzene rings is 1. The lowest BCUT2D eigenvalue weighted by Gasteiger charge is -2.06. The molecule has 1 aromatic carbocycles. The first-order chi connectivity index (χ1) is 7.40. The SMILES string of the molecule is C[CH]c1ccc(C2=CCCCCC2)cc1. The van der Waals surface area contributed by atoms with Crippen molar-refractivity contribution in [1.82, 2.24) is 0 Å². The lowest BCUT2D eigenvalue weighted by atomic mass is 9.99. The van der Waals surface area contributed by atoms with Crippen molar-refractivity contribution in [3.63, 3.8) is 0 Å². The van der Waals surface area contributed by atoms with E-state index in [1.165, 1.54) is 43.2 Å². The molecular weight excluding hydrogens is 180 g/mol. The molecule has 0 aromatic heterocycles. The van der Waals surface area contributed by atoms with Crippen molar-refractivity contribution >= 4 is 5.57 Å². The van der Waals surface area contributed by atoms with Crippen LogP contribution in [0.4, 0.5) is 0 Å². The second-order valence-corrected chi connectivity index (χ2v) is 4.24. The van der Waals surface area contributed by atoms with Gasteiger partial charge in [0.15, 0.2) is 0 Å². The zero-order chi connectivity index (χ0) is 10.5. The van der Waals surface area contributed by atoms with E-state index >= 15 is 0 Å². The van der Waals surface area contributed by atoms with Gasteiger partial charge in [0.05, 0.1) is 0 Å². The maximum Gasteiger partial charge on any atom is -0.0124 e. The van der Waals surface area contributed by atoms with Crippen molar-refractivity contribution in [1.29, 1.82) is 0 Å². The summed E-state index contributed by atoms with van der Waals surface area (Å²) in [6, 6.07) is 8.93. The van der Waals surface area contributed by atoms with E-state index in [1.54, 1.807) is 5.57 Å². The van der Waals surface area contributed by atoms with Crippen LogP contribution in [0.5, 0.6) is 0 Å². The maximum atomic E-state index is 2.43. The average Bonchev–Trinajstić information content (AvgIpc) is 2.58. The molecular formula is C15H19. The Morgan fingerprint density at radius 3 is 2.53 bits per heavy atom. The Morgan fingerprint density at radius 2 is 1.80 bits per heavy atom. The van der Waals surface area contributed by atoms with E-state index < -0.39 is 0 Å². The molecule has 0 nitrogen and oxygen atoms in total. The lowest BCUT2D eigenvalue weighted by molar-refractivity contribution is 0.720. The van der Waals surface area contributed by atoms with E-state index in [0.717, 1.165) is 0 Å². The summed E-state index contributed by atoms with van der Waals surface area (Å²) >= 11 is 0. The summed E-state index contributed by atoms with van der Waals surface area (Å²) in [7, 11) is 0. The van der Waals surface area contributed by atoms with Gasteiger partial charge in [-0.25, -0.2) is 0 Å². The van der Waals surface area contributed by atoms with Crippen LogP contribution in [0, 0.1) is 6.42 Å². The molecule has 15 heavy (non-hydrogen) atoms. The fourth-order valence-electron chi connectivity index (χ4n) is 2.17. The second kappa shape index (κ2) is 5.16. The molecule has 1 aliphatic rings. The topological polar surface area (TPSA) is 0 Å². The molecule has 0 aliphatic heterocycles. The molecule has 0 saturated carbocycles. The molecule has 0 spiro atoms. The monoisotopic (exact) mass is 199 g/mol. The quantitative estimate of drug-likeness (QED) is 0.652. The molecule has 0 amide bonds. The minimum atomic E-state index is 1.26. The highest BCUT2D eigenvalue weighted by atomic mass is 14.1. The van der Waals surface area contributed by atoms with Crippen LogP contribution in [0.3, 0.4) is 0 Å². The van der Waals surface area contributed by atoms with Crippen LogP contribution in [-0.4, -0.2) is 0 Å². The van der Waals surface area contributed by atoms with E-state index in [9.17, 15) is 0 Å². The summed E-state index contributed by atoms with van der Waals surface area (Å²) in [4.78, 5) is 0. The molecule has 0 fully saturated rings. The van der Waals surface area contributed by atoms with Gasteiger partial charge in [-0.15, -0.1) is 0 Å². The molecule has 0 atom stereocenters. The van der Waals surface area contributed by atoms with Gasteiger partial charge in [-0.3, -0.25) is 0 Å². The van der Waals surface area contributed by atoms with Gasteiger partial charge in [0.25, 0.3) is 0 Å². The standard InChI is InChI=1S/C15H19/c1-2-13-9-11-15(12-10-13)14-7-5-3-4-6-8-14/h2,7,9-12H,3-6,8H2,1H3. The fraction of sp³-hybridized carbons (Fsp3) is 0.400. The number of allylic oxidation sites excluding steroid dienone is 2. The van der Waals surface area contributed by atoms with Crippen LogP contribution in [0.25, 0.3) is 5.57 Å². The summed E-state index contributed by atoms with van der Waals surface area (Å²) in [5.41, 5.74) is 4.28. The van der Waals surface area contributed by atoms with Crippen molar-refractivity contribution in [3.05, 3.63) is 47.9 Å². The lowest BCUT2D eigenvalue weighted by Crippen LogP contribution is -1.85. The highest BCUT2D eigenvalue weighted by Gasteiger charge is 2.04. The summed E-state index contributed by atoms with van der Waals surface area (Å²) < 4.78 is 0. The number of hydrogen-bond acceptors (Lipinski definition) is 0. The first-order valence-corrected chi connectivity index (χ1v) is 5.99. The van der Waals surface area contributed by atoms with Gasteiger partial charge in [-0.2, -0.15) is 0 Å². The van der Waals surface area contributed by atoms with Crippen LogP contribution in [0.1, 0.15) is 50.2 Å². The second-order valence-electron chi connectivity index (χ2n) is 4.24. The molecule has 1 radical (unpaired) electrons. The number of rotatable bonds is 2. The molecule has 0 N–H and O–H groups in total. The van der Waals surface area contributed by atoms with Crippen LogP contribution >= 0.6 is 0 Å². The van der Waals surface area contributed by atoms with Crippen LogP contribution < -0.4 is 0 Å². The molecule has 2 rings (SSSR count). The summed E-state index contributed by atoms with van der Waals surface area (Å²) in [6.07, 6.45) is 11.2. The predicted molar refractivity (Wildman–Crippen MR) is 66.6 cm³/mol. The predicted octanol–water partition coefficient (Wildman–Crippen LogP) is 4.61. The first-order valence-electron chi connectivity index (χ1n) is 5.99. The Kier molecular flexibility index (Phi) is 3.60. The highest BCUT2D eigenvalue weighted by molar-refractivity contribution is 5.66. The zero-order valence-corrected chi connectivity index (χ0v) is 9.50. The van der Waals surface area contributed by atoms with Gasteiger partial charge < -0.3 is 0 Å². The molecule has 0 heteroatoms. The third kappa shape index (κ3) is 2.71. The van der Waals surface area contributed by atoms with Crippen molar-refractivity contribution in [2.75, 3.05) is 0 Å². The molecule has 0 bridgehead atoms. The van der Waals surface area contributed by atoms with Gasteiger partial charge in [0, 0.05) is 0 Å². The summed E-state index contributed by atoms with van der Waals surface area (Å²) in [5.74, 6) is 0. The largest absolute Gasteiger partial charge is 0.0807 e. The van der Waals surface area contributed by atoms with Crippen molar-refractivity contribution in [3.8, 4) is 0 Å². The van der Waals surface area contributed by atoms with Crippen molar-refractivity contribution in [2.24, 2.45) is 0 Å². The molecule has 0 heterocycles. The van der Waals surface area contributed by atoms with E-state index in [0.29, 0.717) is 0 Å². The van der Waals surface area contributed by atoms with Crippen molar-refractivity contribution < 1.29 is 0 Å². The Balaban J connectivity index is 2.16. The van der Waals surface area contributed by atoms with Crippen molar-refractivity contribution in [2.45, 2.75) is 39.0 Å². The van der Waals surface area contributed by atoms with Gasteiger partial charge in [-0.1, -0.05) is 43.7 Å². The highest BCUT2D eigenvalue weighted by Crippen LogP contribution is 2.26. The van der Waals surface area contributed by atoms with Crippen LogP contribution in [0.2, 0.25) is 0 Å². The molecule has 0 saturated heterocycles. The molecule has 1 aliphatic carbocycles. The summed E-state index contributed by atoms with van der Waals surface area (Å²) in [5, 5.41) is 0. The Morgan fingerprint density at radius 1 is 1.00 bits per heavy atom. The van der Waals surface area contributed by atoms with Crippen LogP contribution in [-0.2, 0) is 0 Å². The fourth-order valence-corrected chi connectivity index (χ4v) is 2.17.